The van der Waals surface area contributed by atoms with Crippen molar-refractivity contribution >= 4 is 45.7 Å². The second-order valence-electron chi connectivity index (χ2n) is 4.39. The van der Waals surface area contributed by atoms with Gasteiger partial charge >= 0.3 is 0 Å². The molecule has 5 heteroatoms. The zero-order chi connectivity index (χ0) is 14.3. The largest absolute Gasteiger partial charge is 0.241 e. The van der Waals surface area contributed by atoms with Crippen molar-refractivity contribution in [2.75, 3.05) is 0 Å². The molecule has 2 nitrogen and oxygen atoms in total. The van der Waals surface area contributed by atoms with Crippen LogP contribution >= 0.6 is 39.5 Å². The zero-order valence-corrected chi connectivity index (χ0v) is 14.9. The third kappa shape index (κ3) is 6.76. The quantitative estimate of drug-likeness (QED) is 0.388. The van der Waals surface area contributed by atoms with Crippen molar-refractivity contribution in [3.8, 4) is 0 Å². The van der Waals surface area contributed by atoms with Gasteiger partial charge in [-0.2, -0.15) is 0 Å². The second kappa shape index (κ2) is 8.18. The molecular weight excluding hydrogens is 332 g/mol. The summed E-state index contributed by atoms with van der Waals surface area (Å²) in [6.07, 6.45) is 1.74. The van der Waals surface area contributed by atoms with Crippen LogP contribution in [0, 0.1) is 6.92 Å². The fourth-order valence-electron chi connectivity index (χ4n) is 0.959. The van der Waals surface area contributed by atoms with Crippen LogP contribution in [0.1, 0.15) is 45.9 Å². The Morgan fingerprint density at radius 3 is 2.39 bits per heavy atom. The minimum absolute atomic E-state index is 0.105. The maximum Gasteiger partial charge on any atom is 0.139 e. The van der Waals surface area contributed by atoms with Gasteiger partial charge in [-0.3, -0.25) is 0 Å². The minimum Gasteiger partial charge on any atom is -0.241 e. The van der Waals surface area contributed by atoms with Gasteiger partial charge in [-0.1, -0.05) is 25.4 Å². The summed E-state index contributed by atoms with van der Waals surface area (Å²) in [5, 5.41) is 0.477. The highest BCUT2D eigenvalue weighted by Crippen LogP contribution is 2.26. The predicted octanol–water partition coefficient (Wildman–Crippen LogP) is 5.70. The fraction of sp³-hybridized carbons (Fsp3) is 0.538. The summed E-state index contributed by atoms with van der Waals surface area (Å²) in [6.45, 7) is 12.2. The number of hydrogen-bond donors (Lipinski definition) is 0. The Balaban J connectivity index is 0.00000137. The first-order valence-corrected chi connectivity index (χ1v) is 7.78. The van der Waals surface area contributed by atoms with Gasteiger partial charge in [-0.05, 0) is 61.6 Å². The zero-order valence-electron chi connectivity index (χ0n) is 11.7. The molecular formula is C13H20BrClN2S. The highest BCUT2D eigenvalue weighted by atomic mass is 79.9. The summed E-state index contributed by atoms with van der Waals surface area (Å²) >= 11 is 11.0. The van der Waals surface area contributed by atoms with E-state index < -0.39 is 0 Å². The Morgan fingerprint density at radius 1 is 1.39 bits per heavy atom. The van der Waals surface area contributed by atoms with Crippen LogP contribution in [0.5, 0.6) is 0 Å². The Bertz CT molecular complexity index is 391. The molecule has 0 saturated heterocycles. The lowest BCUT2D eigenvalue weighted by atomic mass is 10.3. The highest BCUT2D eigenvalue weighted by molar-refractivity contribution is 9.10. The van der Waals surface area contributed by atoms with Crippen molar-refractivity contribution in [2.24, 2.45) is 4.40 Å². The molecule has 0 spiro atoms. The molecule has 0 bridgehead atoms. The standard InChI is InChI=1S/C11H14BrClN2S.C2H6/c1-7-5-9(12)8(10(13)15-7)6-14-16-11(2,3)4;1-2/h5-6H,1-4H3;1-2H3/b14-6+;. The molecule has 1 aromatic heterocycles. The van der Waals surface area contributed by atoms with Crippen LogP contribution in [-0.2, 0) is 0 Å². The van der Waals surface area contributed by atoms with Crippen molar-refractivity contribution < 1.29 is 0 Å². The second-order valence-corrected chi connectivity index (χ2v) is 7.22. The molecule has 102 valence electrons. The number of nitrogens with zero attached hydrogens (tertiary/aromatic N) is 2. The van der Waals surface area contributed by atoms with Gasteiger partial charge in [0, 0.05) is 26.7 Å². The number of hydrogen-bond acceptors (Lipinski definition) is 3. The number of rotatable bonds is 2. The van der Waals surface area contributed by atoms with E-state index in [2.05, 4.69) is 46.1 Å². The predicted molar refractivity (Wildman–Crippen MR) is 88.0 cm³/mol. The smallest absolute Gasteiger partial charge is 0.139 e. The Labute approximate surface area is 128 Å². The third-order valence-electron chi connectivity index (χ3n) is 1.60. The van der Waals surface area contributed by atoms with E-state index in [9.17, 15) is 0 Å². The number of pyridine rings is 1. The van der Waals surface area contributed by atoms with Crippen molar-refractivity contribution in [1.82, 2.24) is 4.98 Å². The van der Waals surface area contributed by atoms with Gasteiger partial charge in [0.1, 0.15) is 5.15 Å². The van der Waals surface area contributed by atoms with Gasteiger partial charge in [0.15, 0.2) is 0 Å². The monoisotopic (exact) mass is 350 g/mol. The summed E-state index contributed by atoms with van der Waals surface area (Å²) in [6, 6.07) is 1.93. The first-order chi connectivity index (χ1) is 8.29. The van der Waals surface area contributed by atoms with Gasteiger partial charge in [-0.15, -0.1) is 0 Å². The molecule has 1 aromatic rings. The Hall–Kier alpha value is -0.0600. The van der Waals surface area contributed by atoms with E-state index in [0.29, 0.717) is 5.15 Å². The normalized spacial score (nSPS) is 11.3. The molecule has 0 unspecified atom stereocenters. The molecule has 1 rings (SSSR count). The van der Waals surface area contributed by atoms with E-state index in [0.717, 1.165) is 15.7 Å². The Morgan fingerprint density at radius 2 is 1.94 bits per heavy atom. The summed E-state index contributed by atoms with van der Waals surface area (Å²) in [5.74, 6) is 0. The fourth-order valence-corrected chi connectivity index (χ4v) is 2.45. The van der Waals surface area contributed by atoms with E-state index in [1.807, 2.05) is 26.8 Å². The molecule has 18 heavy (non-hydrogen) atoms. The van der Waals surface area contributed by atoms with Crippen LogP contribution in [0.25, 0.3) is 0 Å². The average Bonchev–Trinajstić information content (AvgIpc) is 2.23. The van der Waals surface area contributed by atoms with Crippen LogP contribution < -0.4 is 0 Å². The van der Waals surface area contributed by atoms with Crippen molar-refractivity contribution in [3.63, 3.8) is 0 Å². The van der Waals surface area contributed by atoms with E-state index in [-0.39, 0.29) is 4.75 Å². The van der Waals surface area contributed by atoms with E-state index >= 15 is 0 Å². The molecule has 0 saturated carbocycles. The van der Waals surface area contributed by atoms with Crippen LogP contribution in [0.3, 0.4) is 0 Å². The minimum atomic E-state index is 0.105. The molecule has 0 aliphatic rings. The van der Waals surface area contributed by atoms with Gasteiger partial charge in [-0.25, -0.2) is 9.38 Å². The number of halogens is 2. The Kier molecular flexibility index (Phi) is 8.15. The lowest BCUT2D eigenvalue weighted by Crippen LogP contribution is -2.05. The number of aromatic nitrogens is 1. The average molecular weight is 352 g/mol. The lowest BCUT2D eigenvalue weighted by Gasteiger charge is -2.12. The lowest BCUT2D eigenvalue weighted by molar-refractivity contribution is 0.804. The van der Waals surface area contributed by atoms with Crippen LogP contribution in [0.2, 0.25) is 5.15 Å². The van der Waals surface area contributed by atoms with E-state index in [1.54, 1.807) is 6.21 Å². The first-order valence-electron chi connectivity index (χ1n) is 5.84. The molecule has 0 aliphatic carbocycles. The summed E-state index contributed by atoms with van der Waals surface area (Å²) in [5.41, 5.74) is 1.71. The van der Waals surface area contributed by atoms with E-state index in [1.165, 1.54) is 11.9 Å². The summed E-state index contributed by atoms with van der Waals surface area (Å²) in [4.78, 5) is 4.18. The van der Waals surface area contributed by atoms with Gasteiger partial charge in [0.2, 0.25) is 0 Å². The van der Waals surface area contributed by atoms with Gasteiger partial charge in [0.05, 0.1) is 0 Å². The van der Waals surface area contributed by atoms with Crippen LogP contribution in [0.4, 0.5) is 0 Å². The van der Waals surface area contributed by atoms with Crippen molar-refractivity contribution in [1.29, 1.82) is 0 Å². The molecule has 0 fully saturated rings. The molecule has 0 atom stereocenters. The third-order valence-corrected chi connectivity index (χ3v) is 3.30. The van der Waals surface area contributed by atoms with Crippen molar-refractivity contribution in [2.45, 2.75) is 46.3 Å². The molecule has 0 aliphatic heterocycles. The van der Waals surface area contributed by atoms with Gasteiger partial charge in [0.25, 0.3) is 0 Å². The molecule has 0 N–H and O–H groups in total. The van der Waals surface area contributed by atoms with E-state index in [4.69, 9.17) is 11.6 Å². The molecule has 0 radical (unpaired) electrons. The van der Waals surface area contributed by atoms with Crippen LogP contribution in [0.15, 0.2) is 14.9 Å². The summed E-state index contributed by atoms with van der Waals surface area (Å²) in [7, 11) is 0. The SMILES string of the molecule is CC.Cc1cc(Br)c(/C=N/SC(C)(C)C)c(Cl)n1. The van der Waals surface area contributed by atoms with Crippen LogP contribution in [-0.4, -0.2) is 15.9 Å². The maximum atomic E-state index is 6.04. The molecule has 0 amide bonds. The number of aryl methyl sites for hydroxylation is 1. The molecule has 1 heterocycles. The topological polar surface area (TPSA) is 25.2 Å². The van der Waals surface area contributed by atoms with Crippen molar-refractivity contribution in [3.05, 3.63) is 26.9 Å². The highest BCUT2D eigenvalue weighted by Gasteiger charge is 2.10. The maximum absolute atomic E-state index is 6.04. The summed E-state index contributed by atoms with van der Waals surface area (Å²) < 4.78 is 5.33. The van der Waals surface area contributed by atoms with Gasteiger partial charge < -0.3 is 0 Å². The first kappa shape index (κ1) is 17.9. The molecule has 0 aromatic carbocycles.